The van der Waals surface area contributed by atoms with E-state index in [1.54, 1.807) is 10.9 Å². The van der Waals surface area contributed by atoms with Gasteiger partial charge in [-0.1, -0.05) is 16.8 Å². The van der Waals surface area contributed by atoms with Crippen LogP contribution in [0.15, 0.2) is 18.6 Å². The van der Waals surface area contributed by atoms with Gasteiger partial charge in [0.05, 0.1) is 35.8 Å². The molecular weight excluding hydrogens is 297 g/mol. The highest BCUT2D eigenvalue weighted by Gasteiger charge is 2.25. The molecule has 8 heteroatoms. The summed E-state index contributed by atoms with van der Waals surface area (Å²) in [5.74, 6) is -0.419. The maximum Gasteiger partial charge on any atom is 0.166 e. The third kappa shape index (κ3) is 2.84. The summed E-state index contributed by atoms with van der Waals surface area (Å²) in [4.78, 5) is 5.65. The van der Waals surface area contributed by atoms with Gasteiger partial charge in [0.15, 0.2) is 5.82 Å². The molecule has 2 aromatic heterocycles. The molecule has 1 saturated heterocycles. The van der Waals surface area contributed by atoms with E-state index in [1.165, 1.54) is 12.4 Å². The molecule has 1 unspecified atom stereocenters. The van der Waals surface area contributed by atoms with Crippen molar-refractivity contribution in [2.45, 2.75) is 25.5 Å². The van der Waals surface area contributed by atoms with Crippen LogP contribution in [-0.2, 0) is 6.61 Å². The van der Waals surface area contributed by atoms with Gasteiger partial charge in [0.2, 0.25) is 0 Å². The Kier molecular flexibility index (Phi) is 4.03. The van der Waals surface area contributed by atoms with E-state index in [9.17, 15) is 4.39 Å². The Labute approximate surface area is 126 Å². The van der Waals surface area contributed by atoms with Gasteiger partial charge in [-0.25, -0.2) is 9.07 Å². The number of aliphatic hydroxyl groups excluding tert-OH is 1. The minimum absolute atomic E-state index is 0.0789. The standard InChI is InChI=1S/C13H15ClFN5O/c14-11-4-16-5-12(15)13(11)19-3-1-2-10(7-19)20-6-9(8-21)17-18-20/h4-6,10,21H,1-3,7-8H2. The van der Waals surface area contributed by atoms with Crippen LogP contribution in [0.3, 0.4) is 0 Å². The summed E-state index contributed by atoms with van der Waals surface area (Å²) in [6.07, 6.45) is 6.16. The van der Waals surface area contributed by atoms with Crippen LogP contribution in [0.2, 0.25) is 5.02 Å². The van der Waals surface area contributed by atoms with Gasteiger partial charge in [0, 0.05) is 19.3 Å². The van der Waals surface area contributed by atoms with E-state index in [-0.39, 0.29) is 12.6 Å². The monoisotopic (exact) mass is 311 g/mol. The van der Waals surface area contributed by atoms with Crippen molar-refractivity contribution >= 4 is 17.3 Å². The van der Waals surface area contributed by atoms with Crippen molar-refractivity contribution in [1.29, 1.82) is 0 Å². The fourth-order valence-electron chi connectivity index (χ4n) is 2.64. The Bertz CT molecular complexity index is 615. The predicted octanol–water partition coefficient (Wildman–Crippen LogP) is 1.80. The third-order valence-electron chi connectivity index (χ3n) is 3.63. The van der Waals surface area contributed by atoms with Crippen LogP contribution in [0.25, 0.3) is 0 Å². The maximum atomic E-state index is 14.0. The molecule has 1 aliphatic rings. The molecule has 0 amide bonds. The molecule has 21 heavy (non-hydrogen) atoms. The molecule has 0 aromatic carbocycles. The van der Waals surface area contributed by atoms with Gasteiger partial charge in [-0.3, -0.25) is 4.98 Å². The molecule has 0 aliphatic carbocycles. The fraction of sp³-hybridized carbons (Fsp3) is 0.462. The van der Waals surface area contributed by atoms with Crippen LogP contribution in [0, 0.1) is 5.82 Å². The van der Waals surface area contributed by atoms with E-state index < -0.39 is 5.82 Å². The fourth-order valence-corrected chi connectivity index (χ4v) is 2.91. The van der Waals surface area contributed by atoms with E-state index in [1.807, 2.05) is 4.90 Å². The lowest BCUT2D eigenvalue weighted by atomic mass is 10.1. The molecule has 1 N–H and O–H groups in total. The summed E-state index contributed by atoms with van der Waals surface area (Å²) in [6, 6.07) is 0.0789. The molecule has 0 radical (unpaired) electrons. The van der Waals surface area contributed by atoms with Crippen molar-refractivity contribution in [3.8, 4) is 0 Å². The van der Waals surface area contributed by atoms with Gasteiger partial charge in [-0.2, -0.15) is 0 Å². The van der Waals surface area contributed by atoms with E-state index in [0.29, 0.717) is 22.9 Å². The Balaban J connectivity index is 1.82. The average molecular weight is 312 g/mol. The van der Waals surface area contributed by atoms with E-state index in [0.717, 1.165) is 19.4 Å². The van der Waals surface area contributed by atoms with Crippen LogP contribution >= 0.6 is 11.6 Å². The SMILES string of the molecule is OCc1cn(C2CCCN(c3c(F)cncc3Cl)C2)nn1. The first-order valence-corrected chi connectivity index (χ1v) is 7.12. The van der Waals surface area contributed by atoms with Crippen LogP contribution in [0.5, 0.6) is 0 Å². The molecule has 0 bridgehead atoms. The maximum absolute atomic E-state index is 14.0. The first kappa shape index (κ1) is 14.2. The molecule has 0 spiro atoms. The minimum atomic E-state index is -0.419. The Morgan fingerprint density at radius 1 is 1.43 bits per heavy atom. The zero-order valence-electron chi connectivity index (χ0n) is 11.3. The lowest BCUT2D eigenvalue weighted by molar-refractivity contribution is 0.276. The van der Waals surface area contributed by atoms with Gasteiger partial charge >= 0.3 is 0 Å². The van der Waals surface area contributed by atoms with Gasteiger partial charge in [-0.05, 0) is 12.8 Å². The summed E-state index contributed by atoms with van der Waals surface area (Å²) in [5, 5.41) is 17.3. The first-order chi connectivity index (χ1) is 10.2. The molecule has 0 saturated carbocycles. The van der Waals surface area contributed by atoms with Crippen molar-refractivity contribution < 1.29 is 9.50 Å². The number of rotatable bonds is 3. The molecular formula is C13H15ClFN5O. The second-order valence-corrected chi connectivity index (χ2v) is 5.45. The van der Waals surface area contributed by atoms with Crippen molar-refractivity contribution in [2.24, 2.45) is 0 Å². The number of anilines is 1. The number of aliphatic hydroxyl groups is 1. The highest BCUT2D eigenvalue weighted by molar-refractivity contribution is 6.33. The van der Waals surface area contributed by atoms with Crippen molar-refractivity contribution in [3.05, 3.63) is 35.1 Å². The summed E-state index contributed by atoms with van der Waals surface area (Å²) in [6.45, 7) is 1.19. The molecule has 2 aromatic rings. The highest BCUT2D eigenvalue weighted by atomic mass is 35.5. The summed E-state index contributed by atoms with van der Waals surface area (Å²) >= 11 is 6.07. The van der Waals surface area contributed by atoms with Gasteiger partial charge in [0.1, 0.15) is 5.69 Å². The lowest BCUT2D eigenvalue weighted by Crippen LogP contribution is -2.37. The number of pyridine rings is 1. The Morgan fingerprint density at radius 2 is 2.29 bits per heavy atom. The quantitative estimate of drug-likeness (QED) is 0.936. The second-order valence-electron chi connectivity index (χ2n) is 5.04. The second kappa shape index (κ2) is 5.95. The zero-order chi connectivity index (χ0) is 14.8. The lowest BCUT2D eigenvalue weighted by Gasteiger charge is -2.34. The first-order valence-electron chi connectivity index (χ1n) is 6.74. The number of halogens is 2. The topological polar surface area (TPSA) is 67.1 Å². The number of nitrogens with zero attached hydrogens (tertiary/aromatic N) is 5. The predicted molar refractivity (Wildman–Crippen MR) is 75.6 cm³/mol. The summed E-state index contributed by atoms with van der Waals surface area (Å²) in [5.41, 5.74) is 0.916. The molecule has 3 rings (SSSR count). The van der Waals surface area contributed by atoms with Crippen LogP contribution in [0.1, 0.15) is 24.6 Å². The van der Waals surface area contributed by atoms with Crippen molar-refractivity contribution in [1.82, 2.24) is 20.0 Å². The van der Waals surface area contributed by atoms with Crippen LogP contribution < -0.4 is 4.90 Å². The van der Waals surface area contributed by atoms with Gasteiger partial charge in [0.25, 0.3) is 0 Å². The zero-order valence-corrected chi connectivity index (χ0v) is 12.0. The van der Waals surface area contributed by atoms with Crippen molar-refractivity contribution in [2.75, 3.05) is 18.0 Å². The largest absolute Gasteiger partial charge is 0.390 e. The number of hydrogen-bond donors (Lipinski definition) is 1. The third-order valence-corrected chi connectivity index (χ3v) is 3.91. The van der Waals surface area contributed by atoms with Gasteiger partial charge < -0.3 is 10.0 Å². The molecule has 1 atom stereocenters. The Hall–Kier alpha value is -1.73. The number of aromatic nitrogens is 4. The molecule has 6 nitrogen and oxygen atoms in total. The molecule has 1 aliphatic heterocycles. The number of hydrogen-bond acceptors (Lipinski definition) is 5. The van der Waals surface area contributed by atoms with Gasteiger partial charge in [-0.15, -0.1) is 5.10 Å². The van der Waals surface area contributed by atoms with E-state index in [2.05, 4.69) is 15.3 Å². The highest BCUT2D eigenvalue weighted by Crippen LogP contribution is 2.32. The van der Waals surface area contributed by atoms with E-state index >= 15 is 0 Å². The number of piperidine rings is 1. The summed E-state index contributed by atoms with van der Waals surface area (Å²) < 4.78 is 15.7. The van der Waals surface area contributed by atoms with E-state index in [4.69, 9.17) is 16.7 Å². The normalized spacial score (nSPS) is 19.0. The minimum Gasteiger partial charge on any atom is -0.390 e. The molecule has 1 fully saturated rings. The Morgan fingerprint density at radius 3 is 3.00 bits per heavy atom. The summed E-state index contributed by atoms with van der Waals surface area (Å²) in [7, 11) is 0. The molecule has 3 heterocycles. The van der Waals surface area contributed by atoms with Crippen molar-refractivity contribution in [3.63, 3.8) is 0 Å². The van der Waals surface area contributed by atoms with Crippen LogP contribution in [0.4, 0.5) is 10.1 Å². The average Bonchev–Trinajstić information content (AvgIpc) is 2.96. The van der Waals surface area contributed by atoms with Crippen LogP contribution in [-0.4, -0.2) is 38.2 Å². The smallest absolute Gasteiger partial charge is 0.166 e. The molecule has 112 valence electrons.